The number of benzene rings is 1. The monoisotopic (exact) mass is 437 g/mol. The first-order chi connectivity index (χ1) is 15.1. The highest BCUT2D eigenvalue weighted by Gasteiger charge is 2.41. The van der Waals surface area contributed by atoms with Crippen LogP contribution in [0.1, 0.15) is 33.9 Å². The number of pyridine rings is 1. The molecule has 3 aromatic rings. The number of rotatable bonds is 7. The van der Waals surface area contributed by atoms with Crippen LogP contribution in [0.4, 0.5) is 0 Å². The van der Waals surface area contributed by atoms with Gasteiger partial charge in [0.1, 0.15) is 17.6 Å². The Bertz CT molecular complexity index is 1050. The highest BCUT2D eigenvalue weighted by Crippen LogP contribution is 2.40. The molecule has 8 heteroatoms. The maximum Gasteiger partial charge on any atom is 0.337 e. The van der Waals surface area contributed by atoms with Gasteiger partial charge in [0.2, 0.25) is 0 Å². The fourth-order valence-corrected chi connectivity index (χ4v) is 4.03. The van der Waals surface area contributed by atoms with Gasteiger partial charge in [-0.2, -0.15) is 0 Å². The van der Waals surface area contributed by atoms with E-state index in [0.717, 1.165) is 17.0 Å². The summed E-state index contributed by atoms with van der Waals surface area (Å²) in [5.74, 6) is 1.10. The van der Waals surface area contributed by atoms with Crippen LogP contribution < -0.4 is 5.32 Å². The van der Waals surface area contributed by atoms with Crippen LogP contribution in [0.2, 0.25) is 0 Å². The average Bonchev–Trinajstić information content (AvgIpc) is 3.42. The Kier molecular flexibility index (Phi) is 6.29. The van der Waals surface area contributed by atoms with Crippen molar-refractivity contribution in [2.45, 2.75) is 12.1 Å². The predicted molar refractivity (Wildman–Crippen MR) is 120 cm³/mol. The summed E-state index contributed by atoms with van der Waals surface area (Å²) < 4.78 is 16.3. The summed E-state index contributed by atoms with van der Waals surface area (Å²) in [5.41, 5.74) is 2.24. The van der Waals surface area contributed by atoms with Gasteiger partial charge in [-0.1, -0.05) is 18.2 Å². The highest BCUT2D eigenvalue weighted by atomic mass is 32.1. The van der Waals surface area contributed by atoms with Crippen LogP contribution in [0.3, 0.4) is 0 Å². The maximum atomic E-state index is 11.7. The normalized spacial score (nSPS) is 18.1. The summed E-state index contributed by atoms with van der Waals surface area (Å²) >= 11 is 5.60. The zero-order chi connectivity index (χ0) is 21.8. The van der Waals surface area contributed by atoms with Crippen LogP contribution in [0.15, 0.2) is 65.2 Å². The van der Waals surface area contributed by atoms with Gasteiger partial charge in [0.05, 0.1) is 31.0 Å². The lowest BCUT2D eigenvalue weighted by Gasteiger charge is -2.25. The van der Waals surface area contributed by atoms with Crippen LogP contribution in [0, 0.1) is 0 Å². The molecule has 1 aliphatic rings. The number of furan rings is 1. The Morgan fingerprint density at radius 1 is 1.16 bits per heavy atom. The number of methoxy groups -OCH3 is 2. The van der Waals surface area contributed by atoms with Gasteiger partial charge < -0.3 is 24.1 Å². The van der Waals surface area contributed by atoms with E-state index in [2.05, 4.69) is 15.2 Å². The minimum atomic E-state index is -0.371. The summed E-state index contributed by atoms with van der Waals surface area (Å²) in [4.78, 5) is 18.3. The summed E-state index contributed by atoms with van der Waals surface area (Å²) in [5, 5.41) is 4.02. The first-order valence-electron chi connectivity index (χ1n) is 9.88. The molecule has 2 atom stereocenters. The lowest BCUT2D eigenvalue weighted by Crippen LogP contribution is -2.32. The molecule has 0 radical (unpaired) electrons. The van der Waals surface area contributed by atoms with Gasteiger partial charge in [-0.25, -0.2) is 4.79 Å². The summed E-state index contributed by atoms with van der Waals surface area (Å²) in [6.07, 6.45) is 1.77. The second-order valence-electron chi connectivity index (χ2n) is 7.08. The number of ether oxygens (including phenoxy) is 2. The van der Waals surface area contributed by atoms with E-state index < -0.39 is 0 Å². The smallest absolute Gasteiger partial charge is 0.337 e. The van der Waals surface area contributed by atoms with Gasteiger partial charge in [0.25, 0.3) is 0 Å². The molecule has 7 nitrogen and oxygen atoms in total. The third-order valence-electron chi connectivity index (χ3n) is 5.24. The van der Waals surface area contributed by atoms with E-state index >= 15 is 0 Å². The second kappa shape index (κ2) is 9.28. The van der Waals surface area contributed by atoms with Crippen LogP contribution >= 0.6 is 12.2 Å². The van der Waals surface area contributed by atoms with E-state index in [1.807, 2.05) is 42.5 Å². The molecule has 2 aromatic heterocycles. The lowest BCUT2D eigenvalue weighted by molar-refractivity contribution is 0.0600. The van der Waals surface area contributed by atoms with Crippen molar-refractivity contribution in [1.29, 1.82) is 0 Å². The van der Waals surface area contributed by atoms with E-state index in [9.17, 15) is 4.79 Å². The Labute approximate surface area is 186 Å². The molecule has 1 aromatic carbocycles. The Hall–Kier alpha value is -3.23. The van der Waals surface area contributed by atoms with E-state index in [-0.39, 0.29) is 18.1 Å². The fraction of sp³-hybridized carbons (Fsp3) is 0.261. The Balaban J connectivity index is 1.65. The molecule has 0 bridgehead atoms. The van der Waals surface area contributed by atoms with Crippen molar-refractivity contribution in [3.05, 3.63) is 77.8 Å². The minimum absolute atomic E-state index is 0.147. The number of nitrogens with zero attached hydrogens (tertiary/aromatic N) is 2. The van der Waals surface area contributed by atoms with Gasteiger partial charge in [0, 0.05) is 25.4 Å². The van der Waals surface area contributed by atoms with Gasteiger partial charge >= 0.3 is 5.97 Å². The van der Waals surface area contributed by atoms with Crippen molar-refractivity contribution in [1.82, 2.24) is 15.2 Å². The van der Waals surface area contributed by atoms with Gasteiger partial charge in [-0.3, -0.25) is 4.98 Å². The Morgan fingerprint density at radius 3 is 2.65 bits per heavy atom. The van der Waals surface area contributed by atoms with Crippen LogP contribution in [-0.4, -0.2) is 48.3 Å². The number of carbonyl (C=O) groups excluding carboxylic acids is 1. The standard InChI is InChI=1S/C23H23N3O4S/c1-28-14-13-26-21(20(25-23(26)31)17-5-3-4-12-24-17)19-11-10-18(30-19)15-6-8-16(9-7-15)22(27)29-2/h3-12,20-21H,13-14H2,1-2H3,(H,25,31)/t20-,21-/m1/s1. The van der Waals surface area contributed by atoms with Crippen LogP contribution in [0.25, 0.3) is 11.3 Å². The summed E-state index contributed by atoms with van der Waals surface area (Å²) in [6, 6.07) is 16.5. The SMILES string of the molecule is COCCN1C(=S)N[C@H](c2ccccn2)[C@H]1c1ccc(-c2ccc(C(=O)OC)cc2)o1. The molecule has 4 rings (SSSR count). The van der Waals surface area contributed by atoms with Gasteiger partial charge in [-0.15, -0.1) is 0 Å². The molecule has 1 saturated heterocycles. The minimum Gasteiger partial charge on any atom is -0.465 e. The van der Waals surface area contributed by atoms with E-state index in [0.29, 0.717) is 29.6 Å². The number of hydrogen-bond donors (Lipinski definition) is 1. The zero-order valence-electron chi connectivity index (χ0n) is 17.3. The zero-order valence-corrected chi connectivity index (χ0v) is 18.1. The number of esters is 1. The second-order valence-corrected chi connectivity index (χ2v) is 7.47. The molecule has 0 unspecified atom stereocenters. The lowest BCUT2D eigenvalue weighted by atomic mass is 10.0. The molecule has 160 valence electrons. The Morgan fingerprint density at radius 2 is 1.97 bits per heavy atom. The maximum absolute atomic E-state index is 11.7. The van der Waals surface area contributed by atoms with Crippen molar-refractivity contribution in [2.75, 3.05) is 27.4 Å². The van der Waals surface area contributed by atoms with E-state index in [4.69, 9.17) is 26.1 Å². The molecule has 0 saturated carbocycles. The fourth-order valence-electron chi connectivity index (χ4n) is 3.70. The molecule has 1 aliphatic heterocycles. The summed E-state index contributed by atoms with van der Waals surface area (Å²) in [7, 11) is 3.03. The van der Waals surface area contributed by atoms with Crippen molar-refractivity contribution < 1.29 is 18.7 Å². The first kappa shape index (κ1) is 21.0. The molecule has 3 heterocycles. The van der Waals surface area contributed by atoms with Gasteiger partial charge in [-0.05, 0) is 48.6 Å². The number of thiocarbonyl (C=S) groups is 1. The van der Waals surface area contributed by atoms with Crippen molar-refractivity contribution in [3.63, 3.8) is 0 Å². The molecule has 0 spiro atoms. The number of carbonyl (C=O) groups is 1. The largest absolute Gasteiger partial charge is 0.465 e. The molecule has 0 aliphatic carbocycles. The highest BCUT2D eigenvalue weighted by molar-refractivity contribution is 7.80. The average molecular weight is 438 g/mol. The molecule has 31 heavy (non-hydrogen) atoms. The summed E-state index contributed by atoms with van der Waals surface area (Å²) in [6.45, 7) is 1.16. The number of nitrogens with one attached hydrogen (secondary N) is 1. The van der Waals surface area contributed by atoms with E-state index in [1.165, 1.54) is 7.11 Å². The van der Waals surface area contributed by atoms with Crippen molar-refractivity contribution in [3.8, 4) is 11.3 Å². The topological polar surface area (TPSA) is 76.8 Å². The molecule has 1 fully saturated rings. The molecule has 1 N–H and O–H groups in total. The number of hydrogen-bond acceptors (Lipinski definition) is 6. The predicted octanol–water partition coefficient (Wildman–Crippen LogP) is 3.75. The van der Waals surface area contributed by atoms with Crippen molar-refractivity contribution >= 4 is 23.3 Å². The third kappa shape index (κ3) is 4.30. The van der Waals surface area contributed by atoms with Crippen LogP contribution in [0.5, 0.6) is 0 Å². The van der Waals surface area contributed by atoms with Crippen molar-refractivity contribution in [2.24, 2.45) is 0 Å². The van der Waals surface area contributed by atoms with E-state index in [1.54, 1.807) is 25.4 Å². The molecule has 0 amide bonds. The van der Waals surface area contributed by atoms with Crippen LogP contribution in [-0.2, 0) is 9.47 Å². The quantitative estimate of drug-likeness (QED) is 0.442. The van der Waals surface area contributed by atoms with Gasteiger partial charge in [0.15, 0.2) is 5.11 Å². The third-order valence-corrected chi connectivity index (χ3v) is 5.60. The number of aromatic nitrogens is 1. The first-order valence-corrected chi connectivity index (χ1v) is 10.3. The molecular formula is C23H23N3O4S. The molecular weight excluding hydrogens is 414 g/mol.